The molecule has 5 aliphatic rings. The van der Waals surface area contributed by atoms with Crippen molar-refractivity contribution in [1.29, 1.82) is 0 Å². The Morgan fingerprint density at radius 2 is 1.59 bits per heavy atom. The van der Waals surface area contributed by atoms with Crippen LogP contribution >= 0.6 is 0 Å². The van der Waals surface area contributed by atoms with Gasteiger partial charge in [-0.25, -0.2) is 0 Å². The molecule has 1 heterocycles. The standard InChI is InChI=1S/C15H25NO/c16-15-8-11-5-12(9-15)7-14(6-11,10-15)13-1-3-17-4-2-13/h11-13H,1-10,16H2. The molecule has 0 amide bonds. The normalized spacial score (nSPS) is 54.2. The van der Waals surface area contributed by atoms with E-state index in [4.69, 9.17) is 10.5 Å². The first-order valence-electron chi connectivity index (χ1n) is 7.54. The molecule has 2 heteroatoms. The fraction of sp³-hybridized carbons (Fsp3) is 1.00. The van der Waals surface area contributed by atoms with Crippen molar-refractivity contribution in [1.82, 2.24) is 0 Å². The number of hydrogen-bond acceptors (Lipinski definition) is 2. The van der Waals surface area contributed by atoms with Crippen LogP contribution in [0.4, 0.5) is 0 Å². The van der Waals surface area contributed by atoms with Crippen molar-refractivity contribution in [3.05, 3.63) is 0 Å². The van der Waals surface area contributed by atoms with Gasteiger partial charge in [-0.05, 0) is 74.5 Å². The molecule has 0 aromatic carbocycles. The van der Waals surface area contributed by atoms with E-state index in [1.807, 2.05) is 0 Å². The van der Waals surface area contributed by atoms with Gasteiger partial charge >= 0.3 is 0 Å². The van der Waals surface area contributed by atoms with Crippen LogP contribution in [0.25, 0.3) is 0 Å². The third kappa shape index (κ3) is 1.60. The van der Waals surface area contributed by atoms with Crippen LogP contribution in [0, 0.1) is 23.2 Å². The predicted octanol–water partition coefficient (Wildman–Crippen LogP) is 2.71. The zero-order valence-electron chi connectivity index (χ0n) is 10.8. The van der Waals surface area contributed by atoms with Gasteiger partial charge in [-0.2, -0.15) is 0 Å². The average Bonchev–Trinajstić information content (AvgIpc) is 2.27. The maximum absolute atomic E-state index is 6.68. The van der Waals surface area contributed by atoms with Gasteiger partial charge in [0.25, 0.3) is 0 Å². The molecule has 0 spiro atoms. The molecule has 2 N–H and O–H groups in total. The molecule has 0 radical (unpaired) electrons. The molecule has 17 heavy (non-hydrogen) atoms. The average molecular weight is 235 g/mol. The van der Waals surface area contributed by atoms with E-state index in [2.05, 4.69) is 0 Å². The van der Waals surface area contributed by atoms with Crippen LogP contribution < -0.4 is 5.73 Å². The van der Waals surface area contributed by atoms with E-state index in [0.29, 0.717) is 5.41 Å². The molecule has 2 nitrogen and oxygen atoms in total. The minimum atomic E-state index is 0.225. The lowest BCUT2D eigenvalue weighted by molar-refractivity contribution is -0.120. The summed E-state index contributed by atoms with van der Waals surface area (Å²) in [6, 6.07) is 0. The Balaban J connectivity index is 1.64. The predicted molar refractivity (Wildman–Crippen MR) is 67.6 cm³/mol. The van der Waals surface area contributed by atoms with E-state index >= 15 is 0 Å². The third-order valence-electron chi connectivity index (χ3n) is 6.24. The zero-order chi connectivity index (χ0) is 11.5. The second kappa shape index (κ2) is 3.48. The highest BCUT2D eigenvalue weighted by Crippen LogP contribution is 2.64. The van der Waals surface area contributed by atoms with Crippen molar-refractivity contribution in [2.45, 2.75) is 56.9 Å². The van der Waals surface area contributed by atoms with E-state index in [1.54, 1.807) is 0 Å². The van der Waals surface area contributed by atoms with Crippen molar-refractivity contribution >= 4 is 0 Å². The van der Waals surface area contributed by atoms with E-state index in [-0.39, 0.29) is 5.54 Å². The highest BCUT2D eigenvalue weighted by molar-refractivity contribution is 5.12. The molecule has 4 saturated carbocycles. The number of hydrogen-bond donors (Lipinski definition) is 1. The fourth-order valence-electron chi connectivity index (χ4n) is 6.19. The first kappa shape index (κ1) is 10.8. The first-order chi connectivity index (χ1) is 8.18. The summed E-state index contributed by atoms with van der Waals surface area (Å²) in [6.07, 6.45) is 11.1. The Hall–Kier alpha value is -0.0800. The molecule has 5 rings (SSSR count). The Morgan fingerprint density at radius 3 is 2.18 bits per heavy atom. The smallest absolute Gasteiger partial charge is 0.0468 e. The molecule has 2 atom stereocenters. The summed E-state index contributed by atoms with van der Waals surface area (Å²) in [5.74, 6) is 2.85. The minimum Gasteiger partial charge on any atom is -0.381 e. The second-order valence-corrected chi connectivity index (χ2v) is 7.57. The zero-order valence-corrected chi connectivity index (χ0v) is 10.8. The summed E-state index contributed by atoms with van der Waals surface area (Å²) in [7, 11) is 0. The molecule has 0 aromatic rings. The Labute approximate surface area is 104 Å². The van der Waals surface area contributed by atoms with E-state index < -0.39 is 0 Å². The third-order valence-corrected chi connectivity index (χ3v) is 6.24. The Morgan fingerprint density at radius 1 is 0.941 bits per heavy atom. The van der Waals surface area contributed by atoms with Crippen molar-refractivity contribution in [3.8, 4) is 0 Å². The van der Waals surface area contributed by atoms with Crippen molar-refractivity contribution in [2.75, 3.05) is 13.2 Å². The molecule has 2 unspecified atom stereocenters. The topological polar surface area (TPSA) is 35.2 Å². The summed E-state index contributed by atoms with van der Waals surface area (Å²) in [5.41, 5.74) is 7.53. The van der Waals surface area contributed by atoms with Gasteiger partial charge in [0.1, 0.15) is 0 Å². The quantitative estimate of drug-likeness (QED) is 0.758. The fourth-order valence-corrected chi connectivity index (χ4v) is 6.19. The highest BCUT2D eigenvalue weighted by atomic mass is 16.5. The second-order valence-electron chi connectivity index (χ2n) is 7.57. The summed E-state index contributed by atoms with van der Waals surface area (Å²) < 4.78 is 5.56. The van der Waals surface area contributed by atoms with E-state index in [1.165, 1.54) is 51.4 Å². The first-order valence-corrected chi connectivity index (χ1v) is 7.54. The van der Waals surface area contributed by atoms with E-state index in [0.717, 1.165) is 31.0 Å². The van der Waals surface area contributed by atoms with Gasteiger partial charge in [-0.3, -0.25) is 0 Å². The summed E-state index contributed by atoms with van der Waals surface area (Å²) in [4.78, 5) is 0. The minimum absolute atomic E-state index is 0.225. The SMILES string of the molecule is NC12CC3CC(C1)CC(C1CCOCC1)(C3)C2. The van der Waals surface area contributed by atoms with E-state index in [9.17, 15) is 0 Å². The summed E-state index contributed by atoms with van der Waals surface area (Å²) in [6.45, 7) is 2.00. The lowest BCUT2D eigenvalue weighted by Crippen LogP contribution is -2.62. The van der Waals surface area contributed by atoms with Gasteiger partial charge in [0.05, 0.1) is 0 Å². The lowest BCUT2D eigenvalue weighted by Gasteiger charge is -2.63. The van der Waals surface area contributed by atoms with Gasteiger partial charge in [0.2, 0.25) is 0 Å². The molecule has 5 fully saturated rings. The van der Waals surface area contributed by atoms with Gasteiger partial charge < -0.3 is 10.5 Å². The molecular formula is C15H25NO. The van der Waals surface area contributed by atoms with Gasteiger partial charge in [0, 0.05) is 18.8 Å². The monoisotopic (exact) mass is 235 g/mol. The number of rotatable bonds is 1. The van der Waals surface area contributed by atoms with Crippen LogP contribution in [0.5, 0.6) is 0 Å². The maximum atomic E-state index is 6.68. The van der Waals surface area contributed by atoms with Crippen molar-refractivity contribution < 1.29 is 4.74 Å². The van der Waals surface area contributed by atoms with Crippen LogP contribution in [0.1, 0.15) is 51.4 Å². The van der Waals surface area contributed by atoms with Gasteiger partial charge in [-0.15, -0.1) is 0 Å². The summed E-state index contributed by atoms with van der Waals surface area (Å²) >= 11 is 0. The van der Waals surface area contributed by atoms with Crippen molar-refractivity contribution in [3.63, 3.8) is 0 Å². The van der Waals surface area contributed by atoms with Crippen LogP contribution in [0.2, 0.25) is 0 Å². The lowest BCUT2D eigenvalue weighted by atomic mass is 9.43. The largest absolute Gasteiger partial charge is 0.381 e. The van der Waals surface area contributed by atoms with Gasteiger partial charge in [-0.1, -0.05) is 0 Å². The summed E-state index contributed by atoms with van der Waals surface area (Å²) in [5, 5.41) is 0. The Kier molecular flexibility index (Phi) is 2.21. The molecule has 96 valence electrons. The molecule has 4 bridgehead atoms. The van der Waals surface area contributed by atoms with Crippen LogP contribution in [0.3, 0.4) is 0 Å². The number of nitrogens with two attached hydrogens (primary N) is 1. The maximum Gasteiger partial charge on any atom is 0.0468 e. The molecule has 1 saturated heterocycles. The van der Waals surface area contributed by atoms with Gasteiger partial charge in [0.15, 0.2) is 0 Å². The van der Waals surface area contributed by atoms with Crippen LogP contribution in [-0.4, -0.2) is 18.8 Å². The Bertz CT molecular complexity index is 307. The highest BCUT2D eigenvalue weighted by Gasteiger charge is 2.58. The van der Waals surface area contributed by atoms with Crippen molar-refractivity contribution in [2.24, 2.45) is 28.9 Å². The molecule has 4 aliphatic carbocycles. The molecule has 1 aliphatic heterocycles. The number of ether oxygens (including phenoxy) is 1. The van der Waals surface area contributed by atoms with Crippen LogP contribution in [-0.2, 0) is 4.74 Å². The van der Waals surface area contributed by atoms with Crippen LogP contribution in [0.15, 0.2) is 0 Å². The molecule has 0 aromatic heterocycles. The molecular weight excluding hydrogens is 210 g/mol.